The summed E-state index contributed by atoms with van der Waals surface area (Å²) in [5, 5.41) is 7.44. The van der Waals surface area contributed by atoms with Crippen molar-refractivity contribution in [1.29, 1.82) is 0 Å². The maximum Gasteiger partial charge on any atom is 0.151 e. The van der Waals surface area contributed by atoms with E-state index in [4.69, 9.17) is 9.26 Å². The average Bonchev–Trinajstić information content (AvgIpc) is 3.17. The van der Waals surface area contributed by atoms with Crippen molar-refractivity contribution in [3.63, 3.8) is 0 Å². The number of methoxy groups -OCH3 is 1. The molecule has 1 aliphatic carbocycles. The first-order valence-electron chi connectivity index (χ1n) is 7.21. The molecule has 2 rings (SSSR count). The van der Waals surface area contributed by atoms with Gasteiger partial charge in [-0.2, -0.15) is 0 Å². The fourth-order valence-corrected chi connectivity index (χ4v) is 2.15. The Balaban J connectivity index is 1.79. The lowest BCUT2D eigenvalue weighted by atomic mass is 10.3. The Morgan fingerprint density at radius 2 is 2.37 bits per heavy atom. The highest BCUT2D eigenvalue weighted by Gasteiger charge is 2.29. The van der Waals surface area contributed by atoms with E-state index in [2.05, 4.69) is 28.4 Å². The molecular weight excluding hydrogens is 242 g/mol. The summed E-state index contributed by atoms with van der Waals surface area (Å²) in [4.78, 5) is 2.42. The minimum Gasteiger partial charge on any atom is -0.383 e. The van der Waals surface area contributed by atoms with E-state index in [1.807, 2.05) is 0 Å². The minimum atomic E-state index is 0.710. The van der Waals surface area contributed by atoms with Crippen molar-refractivity contribution in [2.75, 3.05) is 26.8 Å². The van der Waals surface area contributed by atoms with E-state index in [1.54, 1.807) is 7.11 Å². The summed E-state index contributed by atoms with van der Waals surface area (Å²) >= 11 is 0. The monoisotopic (exact) mass is 267 g/mol. The van der Waals surface area contributed by atoms with Gasteiger partial charge in [-0.15, -0.1) is 0 Å². The van der Waals surface area contributed by atoms with Gasteiger partial charge in [0.25, 0.3) is 0 Å². The summed E-state index contributed by atoms with van der Waals surface area (Å²) in [5.74, 6) is 0.955. The quantitative estimate of drug-likeness (QED) is 0.655. The van der Waals surface area contributed by atoms with Crippen molar-refractivity contribution in [1.82, 2.24) is 15.4 Å². The predicted molar refractivity (Wildman–Crippen MR) is 73.8 cm³/mol. The van der Waals surface area contributed by atoms with E-state index in [0.717, 1.165) is 50.7 Å². The molecule has 0 unspecified atom stereocenters. The third kappa shape index (κ3) is 4.93. The molecule has 0 amide bonds. The summed E-state index contributed by atoms with van der Waals surface area (Å²) in [6.45, 7) is 6.54. The van der Waals surface area contributed by atoms with Crippen LogP contribution in [0.2, 0.25) is 0 Å². The Bertz CT molecular complexity index is 363. The molecule has 0 aromatic carbocycles. The van der Waals surface area contributed by atoms with Crippen molar-refractivity contribution < 1.29 is 9.26 Å². The van der Waals surface area contributed by atoms with Gasteiger partial charge in [-0.1, -0.05) is 12.1 Å². The van der Waals surface area contributed by atoms with Gasteiger partial charge >= 0.3 is 0 Å². The molecule has 1 saturated carbocycles. The largest absolute Gasteiger partial charge is 0.383 e. The molecule has 5 heteroatoms. The minimum absolute atomic E-state index is 0.710. The topological polar surface area (TPSA) is 50.5 Å². The molecule has 0 saturated heterocycles. The van der Waals surface area contributed by atoms with Crippen LogP contribution in [0.4, 0.5) is 0 Å². The van der Waals surface area contributed by atoms with E-state index in [1.165, 1.54) is 12.8 Å². The van der Waals surface area contributed by atoms with Gasteiger partial charge in [-0.3, -0.25) is 4.90 Å². The Kier molecular flexibility index (Phi) is 5.82. The maximum atomic E-state index is 5.41. The van der Waals surface area contributed by atoms with Gasteiger partial charge in [0.05, 0.1) is 18.8 Å². The van der Waals surface area contributed by atoms with Gasteiger partial charge in [-0.05, 0) is 25.8 Å². The summed E-state index contributed by atoms with van der Waals surface area (Å²) in [7, 11) is 1.75. The van der Waals surface area contributed by atoms with E-state index in [9.17, 15) is 0 Å². The van der Waals surface area contributed by atoms with Crippen LogP contribution in [0.3, 0.4) is 0 Å². The molecule has 1 fully saturated rings. The van der Waals surface area contributed by atoms with Gasteiger partial charge in [0, 0.05) is 32.3 Å². The van der Waals surface area contributed by atoms with Gasteiger partial charge in [0.1, 0.15) is 0 Å². The van der Waals surface area contributed by atoms with Gasteiger partial charge in [0.2, 0.25) is 0 Å². The van der Waals surface area contributed by atoms with Crippen molar-refractivity contribution in [3.8, 4) is 0 Å². The number of nitrogens with zero attached hydrogens (tertiary/aromatic N) is 2. The molecule has 1 aliphatic rings. The molecule has 1 heterocycles. The Morgan fingerprint density at radius 1 is 1.53 bits per heavy atom. The van der Waals surface area contributed by atoms with Gasteiger partial charge < -0.3 is 14.6 Å². The highest BCUT2D eigenvalue weighted by molar-refractivity contribution is 5.06. The van der Waals surface area contributed by atoms with Crippen molar-refractivity contribution in [3.05, 3.63) is 17.5 Å². The first-order chi connectivity index (χ1) is 9.33. The van der Waals surface area contributed by atoms with Gasteiger partial charge in [-0.25, -0.2) is 0 Å². The fourth-order valence-electron chi connectivity index (χ4n) is 2.15. The van der Waals surface area contributed by atoms with Crippen molar-refractivity contribution in [2.45, 2.75) is 45.3 Å². The van der Waals surface area contributed by atoms with E-state index in [-0.39, 0.29) is 0 Å². The van der Waals surface area contributed by atoms with Crippen LogP contribution in [0.25, 0.3) is 0 Å². The number of ether oxygens (including phenoxy) is 1. The number of nitrogens with one attached hydrogen (secondary N) is 1. The molecule has 108 valence electrons. The number of rotatable bonds is 10. The summed E-state index contributed by atoms with van der Waals surface area (Å²) < 4.78 is 10.6. The second-order valence-corrected chi connectivity index (χ2v) is 5.16. The zero-order chi connectivity index (χ0) is 13.5. The van der Waals surface area contributed by atoms with E-state index in [0.29, 0.717) is 6.04 Å². The molecule has 0 aliphatic heterocycles. The second-order valence-electron chi connectivity index (χ2n) is 5.16. The van der Waals surface area contributed by atoms with Gasteiger partial charge in [0.15, 0.2) is 5.76 Å². The molecule has 1 aromatic heterocycles. The lowest BCUT2D eigenvalue weighted by Crippen LogP contribution is -2.28. The van der Waals surface area contributed by atoms with Crippen LogP contribution >= 0.6 is 0 Å². The van der Waals surface area contributed by atoms with Crippen LogP contribution in [-0.4, -0.2) is 42.9 Å². The first-order valence-corrected chi connectivity index (χ1v) is 7.21. The lowest BCUT2D eigenvalue weighted by molar-refractivity contribution is 0.132. The maximum absolute atomic E-state index is 5.41. The van der Waals surface area contributed by atoms with Crippen LogP contribution in [0.15, 0.2) is 10.6 Å². The van der Waals surface area contributed by atoms with Crippen LogP contribution in [0.5, 0.6) is 0 Å². The van der Waals surface area contributed by atoms with Crippen molar-refractivity contribution >= 4 is 0 Å². The zero-order valence-electron chi connectivity index (χ0n) is 12.0. The second kappa shape index (κ2) is 7.62. The van der Waals surface area contributed by atoms with Crippen LogP contribution in [-0.2, 0) is 17.8 Å². The summed E-state index contributed by atoms with van der Waals surface area (Å²) in [6, 6.07) is 2.77. The fraction of sp³-hybridized carbons (Fsp3) is 0.786. The smallest absolute Gasteiger partial charge is 0.151 e. The molecule has 19 heavy (non-hydrogen) atoms. The standard InChI is InChI=1S/C14H25N3O2/c1-3-6-15-10-12-9-14(19-16-12)11-17(7-8-18-2)13-4-5-13/h9,13,15H,3-8,10-11H2,1-2H3. The normalized spacial score (nSPS) is 15.3. The molecule has 0 radical (unpaired) electrons. The Morgan fingerprint density at radius 3 is 3.05 bits per heavy atom. The average molecular weight is 267 g/mol. The van der Waals surface area contributed by atoms with Crippen LogP contribution < -0.4 is 5.32 Å². The third-order valence-corrected chi connectivity index (χ3v) is 3.35. The molecule has 1 aromatic rings. The Labute approximate surface area is 115 Å². The van der Waals surface area contributed by atoms with Crippen LogP contribution in [0, 0.1) is 0 Å². The summed E-state index contributed by atoms with van der Waals surface area (Å²) in [5.41, 5.74) is 0.992. The number of aromatic nitrogens is 1. The highest BCUT2D eigenvalue weighted by Crippen LogP contribution is 2.28. The molecule has 1 N–H and O–H groups in total. The van der Waals surface area contributed by atoms with Crippen molar-refractivity contribution in [2.24, 2.45) is 0 Å². The summed E-state index contributed by atoms with van der Waals surface area (Å²) in [6.07, 6.45) is 3.72. The van der Waals surface area contributed by atoms with E-state index >= 15 is 0 Å². The first kappa shape index (κ1) is 14.5. The molecular formula is C14H25N3O2. The van der Waals surface area contributed by atoms with Crippen LogP contribution in [0.1, 0.15) is 37.6 Å². The third-order valence-electron chi connectivity index (χ3n) is 3.35. The molecule has 0 spiro atoms. The molecule has 5 nitrogen and oxygen atoms in total. The SMILES string of the molecule is CCCNCc1cc(CN(CCOC)C2CC2)on1. The molecule has 0 atom stereocenters. The lowest BCUT2D eigenvalue weighted by Gasteiger charge is -2.19. The zero-order valence-corrected chi connectivity index (χ0v) is 12.0. The number of hydrogen-bond acceptors (Lipinski definition) is 5. The molecule has 0 bridgehead atoms. The predicted octanol–water partition coefficient (Wildman–Crippen LogP) is 1.78. The highest BCUT2D eigenvalue weighted by atomic mass is 16.5. The van der Waals surface area contributed by atoms with E-state index < -0.39 is 0 Å². The Hall–Kier alpha value is -0.910. The number of hydrogen-bond donors (Lipinski definition) is 1.